The zero-order valence-electron chi connectivity index (χ0n) is 22.3. The van der Waals surface area contributed by atoms with Gasteiger partial charge in [-0.3, -0.25) is 14.2 Å². The molecule has 0 saturated heterocycles. The van der Waals surface area contributed by atoms with Gasteiger partial charge >= 0.3 is 7.60 Å². The molecule has 4 rings (SSSR count). The summed E-state index contributed by atoms with van der Waals surface area (Å²) in [6.45, 7) is 9.72. The smallest absolute Gasteiger partial charge is 0.356 e. The first-order valence-corrected chi connectivity index (χ1v) is 15.9. The van der Waals surface area contributed by atoms with Crippen LogP contribution >= 0.6 is 30.8 Å². The number of fused-ring (bicyclic) bond motifs is 5. The highest BCUT2D eigenvalue weighted by atomic mass is 35.5. The molecule has 4 aliphatic rings. The van der Waals surface area contributed by atoms with E-state index in [1.165, 1.54) is 6.08 Å². The van der Waals surface area contributed by atoms with Gasteiger partial charge in [-0.05, 0) is 69.4 Å². The summed E-state index contributed by atoms with van der Waals surface area (Å²) in [4.78, 5) is 24.8. The number of hydrogen-bond donors (Lipinski definition) is 1. The molecular formula is C27H39Cl2O7P. The second-order valence-electron chi connectivity index (χ2n) is 11.4. The Morgan fingerprint density at radius 2 is 1.86 bits per heavy atom. The quantitative estimate of drug-likeness (QED) is 0.279. The van der Waals surface area contributed by atoms with Crippen molar-refractivity contribution >= 4 is 42.4 Å². The highest BCUT2D eigenvalue weighted by molar-refractivity contribution is 7.53. The van der Waals surface area contributed by atoms with Crippen molar-refractivity contribution in [2.45, 2.75) is 76.9 Å². The predicted molar refractivity (Wildman–Crippen MR) is 143 cm³/mol. The van der Waals surface area contributed by atoms with Gasteiger partial charge in [-0.1, -0.05) is 32.4 Å². The SMILES string of the molecule is CCOP(=O)(CO[C@]1(C(=O)CCl)[C@H](C)C[C@H]2[C@@H]3CCC4=CC(=O)C=C[C@]4(C)[C@@]3(Cl)[C@@H](O)C[C@@]21C)OCC. The van der Waals surface area contributed by atoms with Gasteiger partial charge in [0.2, 0.25) is 0 Å². The van der Waals surface area contributed by atoms with Crippen LogP contribution < -0.4 is 0 Å². The molecule has 0 bridgehead atoms. The Kier molecular flexibility index (Phi) is 8.07. The van der Waals surface area contributed by atoms with Gasteiger partial charge in [-0.15, -0.1) is 23.2 Å². The standard InChI is InChI=1S/C27H39Cl2O7P/c1-6-35-37(33,36-7-2)16-34-27(23(32)15-28)17(3)12-21-20-9-8-18-13-19(30)10-11-24(18,4)26(20,29)22(31)14-25(21,27)5/h10-11,13,17,20-22,31H,6-9,12,14-16H2,1-5H3/t17-,20+,21+,22+,24+,25+,26+,27+/m1/s1. The molecule has 7 nitrogen and oxygen atoms in total. The van der Waals surface area contributed by atoms with Crippen LogP contribution in [-0.4, -0.2) is 58.7 Å². The molecule has 0 aliphatic heterocycles. The van der Waals surface area contributed by atoms with E-state index in [2.05, 4.69) is 0 Å². The van der Waals surface area contributed by atoms with E-state index in [1.807, 2.05) is 26.8 Å². The molecule has 37 heavy (non-hydrogen) atoms. The normalized spacial score (nSPS) is 43.1. The monoisotopic (exact) mass is 576 g/mol. The molecule has 0 unspecified atom stereocenters. The maximum absolute atomic E-state index is 13.7. The summed E-state index contributed by atoms with van der Waals surface area (Å²) in [5.41, 5.74) is -1.97. The zero-order valence-corrected chi connectivity index (χ0v) is 24.7. The number of Topliss-reactive ketones (excluding diaryl/α,β-unsaturated/α-hetero) is 1. The second kappa shape index (κ2) is 10.1. The summed E-state index contributed by atoms with van der Waals surface area (Å²) in [6.07, 6.45) is 5.86. The Balaban J connectivity index is 1.78. The lowest BCUT2D eigenvalue weighted by Crippen LogP contribution is -2.69. The Labute approximate surface area is 229 Å². The first-order valence-electron chi connectivity index (χ1n) is 13.2. The van der Waals surface area contributed by atoms with E-state index < -0.39 is 35.0 Å². The van der Waals surface area contributed by atoms with Crippen molar-refractivity contribution in [3.8, 4) is 0 Å². The van der Waals surface area contributed by atoms with Crippen molar-refractivity contribution in [1.82, 2.24) is 0 Å². The fraction of sp³-hybridized carbons (Fsp3) is 0.778. The van der Waals surface area contributed by atoms with Crippen LogP contribution in [0.25, 0.3) is 0 Å². The molecule has 0 aromatic rings. The van der Waals surface area contributed by atoms with Crippen LogP contribution in [0.3, 0.4) is 0 Å². The molecule has 8 atom stereocenters. The van der Waals surface area contributed by atoms with Gasteiger partial charge in [-0.2, -0.15) is 0 Å². The van der Waals surface area contributed by atoms with Crippen LogP contribution in [0, 0.1) is 28.6 Å². The van der Waals surface area contributed by atoms with Gasteiger partial charge in [0.15, 0.2) is 11.6 Å². The Bertz CT molecular complexity index is 1050. The number of alkyl halides is 2. The maximum atomic E-state index is 13.7. The maximum Gasteiger partial charge on any atom is 0.356 e. The molecule has 208 valence electrons. The number of halogens is 2. The van der Waals surface area contributed by atoms with Crippen molar-refractivity contribution in [2.24, 2.45) is 28.6 Å². The fourth-order valence-corrected chi connectivity index (χ4v) is 10.4. The van der Waals surface area contributed by atoms with Crippen LogP contribution in [0.4, 0.5) is 0 Å². The van der Waals surface area contributed by atoms with E-state index >= 15 is 0 Å². The van der Waals surface area contributed by atoms with Crippen molar-refractivity contribution in [1.29, 1.82) is 0 Å². The minimum absolute atomic E-state index is 0.0658. The van der Waals surface area contributed by atoms with E-state index in [0.717, 1.165) is 5.57 Å². The largest absolute Gasteiger partial charge is 0.391 e. The summed E-state index contributed by atoms with van der Waals surface area (Å²) < 4.78 is 30.7. The van der Waals surface area contributed by atoms with Gasteiger partial charge in [0.25, 0.3) is 0 Å². The Morgan fingerprint density at radius 3 is 2.46 bits per heavy atom. The van der Waals surface area contributed by atoms with Gasteiger partial charge in [0, 0.05) is 10.8 Å². The van der Waals surface area contributed by atoms with Crippen molar-refractivity contribution < 1.29 is 33.0 Å². The Morgan fingerprint density at radius 1 is 1.22 bits per heavy atom. The second-order valence-corrected chi connectivity index (χ2v) is 14.3. The first kappa shape index (κ1) is 29.5. The van der Waals surface area contributed by atoms with Crippen LogP contribution in [-0.2, 0) is 27.9 Å². The van der Waals surface area contributed by atoms with Crippen LogP contribution in [0.5, 0.6) is 0 Å². The minimum atomic E-state index is -3.62. The molecule has 3 fully saturated rings. The van der Waals surface area contributed by atoms with E-state index in [4.69, 9.17) is 37.0 Å². The molecular weight excluding hydrogens is 538 g/mol. The Hall–Kier alpha value is -0.530. The fourth-order valence-electron chi connectivity index (χ4n) is 8.30. The number of aliphatic hydroxyl groups is 1. The third-order valence-electron chi connectivity index (χ3n) is 9.82. The topological polar surface area (TPSA) is 99.1 Å². The average molecular weight is 577 g/mol. The number of carbonyl (C=O) groups excluding carboxylic acids is 2. The van der Waals surface area contributed by atoms with Gasteiger partial charge in [0.1, 0.15) is 11.9 Å². The molecule has 1 N–H and O–H groups in total. The predicted octanol–water partition coefficient (Wildman–Crippen LogP) is 5.66. The summed E-state index contributed by atoms with van der Waals surface area (Å²) in [5, 5.41) is 11.8. The lowest BCUT2D eigenvalue weighted by molar-refractivity contribution is -0.188. The van der Waals surface area contributed by atoms with Crippen molar-refractivity contribution in [3.63, 3.8) is 0 Å². The summed E-state index contributed by atoms with van der Waals surface area (Å²) >= 11 is 13.7. The number of aliphatic hydroxyl groups excluding tert-OH is 1. The highest BCUT2D eigenvalue weighted by Crippen LogP contribution is 2.72. The van der Waals surface area contributed by atoms with Crippen molar-refractivity contribution in [3.05, 3.63) is 23.8 Å². The number of ketones is 2. The van der Waals surface area contributed by atoms with Crippen LogP contribution in [0.1, 0.15) is 60.3 Å². The van der Waals surface area contributed by atoms with Crippen molar-refractivity contribution in [2.75, 3.05) is 25.4 Å². The summed E-state index contributed by atoms with van der Waals surface area (Å²) in [7, 11) is -3.62. The van der Waals surface area contributed by atoms with Crippen LogP contribution in [0.15, 0.2) is 23.8 Å². The molecule has 3 saturated carbocycles. The minimum Gasteiger partial charge on any atom is -0.391 e. The molecule has 10 heteroatoms. The summed E-state index contributed by atoms with van der Waals surface area (Å²) in [6, 6.07) is 0. The third-order valence-corrected chi connectivity index (χ3v) is 12.7. The van der Waals surface area contributed by atoms with Gasteiger partial charge in [-0.25, -0.2) is 0 Å². The molecule has 0 heterocycles. The lowest BCUT2D eigenvalue weighted by atomic mass is 9.45. The molecule has 0 aromatic carbocycles. The average Bonchev–Trinajstić information content (AvgIpc) is 3.05. The van der Waals surface area contributed by atoms with E-state index in [9.17, 15) is 19.3 Å². The van der Waals surface area contributed by atoms with E-state index in [1.54, 1.807) is 19.9 Å². The number of rotatable bonds is 9. The molecule has 0 amide bonds. The zero-order chi connectivity index (χ0) is 27.4. The van der Waals surface area contributed by atoms with E-state index in [-0.39, 0.29) is 61.2 Å². The molecule has 0 radical (unpaired) electrons. The highest BCUT2D eigenvalue weighted by Gasteiger charge is 2.75. The number of carbonyl (C=O) groups is 2. The molecule has 4 aliphatic carbocycles. The van der Waals surface area contributed by atoms with Gasteiger partial charge in [0.05, 0.1) is 30.1 Å². The third kappa shape index (κ3) is 4.10. The van der Waals surface area contributed by atoms with Crippen LogP contribution in [0.2, 0.25) is 0 Å². The van der Waals surface area contributed by atoms with Gasteiger partial charge < -0.3 is 18.9 Å². The summed E-state index contributed by atoms with van der Waals surface area (Å²) in [5.74, 6) is -1.13. The molecule has 0 aromatic heterocycles. The lowest BCUT2D eigenvalue weighted by Gasteiger charge is -2.64. The number of ether oxygens (including phenoxy) is 1. The number of hydrogen-bond acceptors (Lipinski definition) is 7. The first-order chi connectivity index (χ1) is 17.3. The molecule has 0 spiro atoms. The number of allylic oxidation sites excluding steroid dienone is 4. The van der Waals surface area contributed by atoms with E-state index in [0.29, 0.717) is 19.3 Å².